The third kappa shape index (κ3) is 4.73. The summed E-state index contributed by atoms with van der Waals surface area (Å²) in [7, 11) is 0. The first-order chi connectivity index (χ1) is 11.7. The minimum atomic E-state index is -0.248. The van der Waals surface area contributed by atoms with E-state index in [4.69, 9.17) is 4.74 Å². The molecule has 126 valence electrons. The first-order valence-electron chi connectivity index (χ1n) is 8.38. The van der Waals surface area contributed by atoms with Crippen LogP contribution in [0.1, 0.15) is 29.2 Å². The molecule has 0 bridgehead atoms. The van der Waals surface area contributed by atoms with Gasteiger partial charge in [-0.1, -0.05) is 36.4 Å². The summed E-state index contributed by atoms with van der Waals surface area (Å²) in [5.41, 5.74) is 3.15. The molecule has 3 rings (SSSR count). The number of Topliss-reactive ketones (excluding diaryl/α,β-unsaturated/α-hetero) is 1. The molecule has 0 saturated carbocycles. The van der Waals surface area contributed by atoms with Crippen molar-refractivity contribution in [2.75, 3.05) is 19.7 Å². The summed E-state index contributed by atoms with van der Waals surface area (Å²) in [4.78, 5) is 12.1. The number of hydrogen-bond acceptors (Lipinski definition) is 3. The van der Waals surface area contributed by atoms with E-state index in [0.717, 1.165) is 36.4 Å². The lowest BCUT2D eigenvalue weighted by atomic mass is 10.0. The van der Waals surface area contributed by atoms with Crippen LogP contribution >= 0.6 is 0 Å². The zero-order valence-corrected chi connectivity index (χ0v) is 13.6. The van der Waals surface area contributed by atoms with Crippen molar-refractivity contribution in [1.29, 1.82) is 0 Å². The highest BCUT2D eigenvalue weighted by Crippen LogP contribution is 2.19. The number of aryl methyl sites for hydroxylation is 1. The average Bonchev–Trinajstić information content (AvgIpc) is 2.63. The van der Waals surface area contributed by atoms with Gasteiger partial charge in [-0.2, -0.15) is 0 Å². The van der Waals surface area contributed by atoms with Crippen LogP contribution in [-0.2, 0) is 22.4 Å². The minimum Gasteiger partial charge on any atom is -0.371 e. The molecule has 1 aliphatic heterocycles. The molecule has 0 unspecified atom stereocenters. The number of ketones is 1. The molecule has 0 spiro atoms. The Hall–Kier alpha value is -2.04. The van der Waals surface area contributed by atoms with Crippen molar-refractivity contribution in [3.05, 3.63) is 71.0 Å². The van der Waals surface area contributed by atoms with Crippen molar-refractivity contribution in [3.63, 3.8) is 0 Å². The molecule has 2 aromatic carbocycles. The molecule has 0 radical (unpaired) electrons. The largest absolute Gasteiger partial charge is 0.371 e. The number of ether oxygens (including phenoxy) is 1. The van der Waals surface area contributed by atoms with Crippen LogP contribution in [0.5, 0.6) is 0 Å². The number of nitrogens with one attached hydrogen (secondary N) is 1. The van der Waals surface area contributed by atoms with E-state index >= 15 is 0 Å². The Balaban J connectivity index is 1.49. The molecular weight excluding hydrogens is 305 g/mol. The molecule has 2 aromatic rings. The van der Waals surface area contributed by atoms with Gasteiger partial charge in [0.05, 0.1) is 12.7 Å². The molecule has 24 heavy (non-hydrogen) atoms. The predicted molar refractivity (Wildman–Crippen MR) is 91.4 cm³/mol. The molecule has 0 aromatic heterocycles. The van der Waals surface area contributed by atoms with Gasteiger partial charge in [-0.05, 0) is 35.2 Å². The molecular formula is C20H22FNO2. The molecule has 3 nitrogen and oxygen atoms in total. The predicted octanol–water partition coefficient (Wildman–Crippen LogP) is 3.23. The first kappa shape index (κ1) is 16.8. The van der Waals surface area contributed by atoms with Crippen LogP contribution < -0.4 is 5.32 Å². The number of carbonyl (C=O) groups is 1. The van der Waals surface area contributed by atoms with Crippen molar-refractivity contribution in [3.8, 4) is 0 Å². The van der Waals surface area contributed by atoms with Gasteiger partial charge in [0.2, 0.25) is 0 Å². The highest BCUT2D eigenvalue weighted by Gasteiger charge is 2.15. The lowest BCUT2D eigenvalue weighted by Crippen LogP contribution is -2.33. The second-order valence-corrected chi connectivity index (χ2v) is 6.15. The van der Waals surface area contributed by atoms with Crippen molar-refractivity contribution in [1.82, 2.24) is 5.32 Å². The third-order valence-electron chi connectivity index (χ3n) is 4.29. The Morgan fingerprint density at radius 2 is 1.79 bits per heavy atom. The summed E-state index contributed by atoms with van der Waals surface area (Å²) in [6.45, 7) is 2.46. The summed E-state index contributed by atoms with van der Waals surface area (Å²) in [6.07, 6.45) is 1.66. The molecule has 1 atom stereocenters. The van der Waals surface area contributed by atoms with Gasteiger partial charge >= 0.3 is 0 Å². The van der Waals surface area contributed by atoms with Crippen LogP contribution in [0.3, 0.4) is 0 Å². The van der Waals surface area contributed by atoms with Gasteiger partial charge in [-0.3, -0.25) is 4.79 Å². The van der Waals surface area contributed by atoms with Crippen LogP contribution in [-0.4, -0.2) is 25.5 Å². The molecule has 0 aliphatic carbocycles. The maximum Gasteiger partial charge on any atom is 0.137 e. The lowest BCUT2D eigenvalue weighted by Gasteiger charge is -2.24. The van der Waals surface area contributed by atoms with E-state index in [1.165, 1.54) is 12.1 Å². The van der Waals surface area contributed by atoms with Crippen molar-refractivity contribution in [2.24, 2.45) is 0 Å². The maximum absolute atomic E-state index is 12.9. The van der Waals surface area contributed by atoms with Crippen LogP contribution in [0.25, 0.3) is 0 Å². The molecule has 4 heteroatoms. The van der Waals surface area contributed by atoms with Crippen molar-refractivity contribution < 1.29 is 13.9 Å². The van der Waals surface area contributed by atoms with Crippen LogP contribution in [0, 0.1) is 5.82 Å². The number of morpholine rings is 1. The monoisotopic (exact) mass is 327 g/mol. The normalized spacial score (nSPS) is 17.6. The Kier molecular flexibility index (Phi) is 5.72. The maximum atomic E-state index is 12.9. The highest BCUT2D eigenvalue weighted by atomic mass is 19.1. The van der Waals surface area contributed by atoms with Gasteiger partial charge in [-0.15, -0.1) is 0 Å². The Bertz CT molecular complexity index is 661. The first-order valence-corrected chi connectivity index (χ1v) is 8.38. The van der Waals surface area contributed by atoms with Gasteiger partial charge in [0.1, 0.15) is 11.6 Å². The van der Waals surface area contributed by atoms with Gasteiger partial charge in [0.15, 0.2) is 0 Å². The van der Waals surface area contributed by atoms with Crippen molar-refractivity contribution in [2.45, 2.75) is 25.4 Å². The van der Waals surface area contributed by atoms with Gasteiger partial charge in [0.25, 0.3) is 0 Å². The molecule has 0 amide bonds. The smallest absolute Gasteiger partial charge is 0.137 e. The Labute approximate surface area is 141 Å². The molecule has 1 N–H and O–H groups in total. The van der Waals surface area contributed by atoms with Gasteiger partial charge in [-0.25, -0.2) is 4.39 Å². The topological polar surface area (TPSA) is 38.3 Å². The van der Waals surface area contributed by atoms with Crippen molar-refractivity contribution >= 4 is 5.78 Å². The SMILES string of the molecule is O=C(CCc1ccc(F)cc1)Cc1ccc([C@H]2CNCCO2)cc1. The van der Waals surface area contributed by atoms with Crippen LogP contribution in [0.2, 0.25) is 0 Å². The standard InChI is InChI=1S/C20H22FNO2/c21-18-8-3-15(4-9-18)5-10-19(23)13-16-1-6-17(7-2-16)20-14-22-11-12-24-20/h1-4,6-9,20,22H,5,10-14H2/t20-/m1/s1. The number of rotatable bonds is 6. The summed E-state index contributed by atoms with van der Waals surface area (Å²) in [6, 6.07) is 14.4. The number of hydrogen-bond donors (Lipinski definition) is 1. The molecule has 1 aliphatic rings. The van der Waals surface area contributed by atoms with E-state index in [2.05, 4.69) is 5.32 Å². The number of carbonyl (C=O) groups excluding carboxylic acids is 1. The fraction of sp³-hybridized carbons (Fsp3) is 0.350. The van der Waals surface area contributed by atoms with E-state index < -0.39 is 0 Å². The summed E-state index contributed by atoms with van der Waals surface area (Å²) >= 11 is 0. The van der Waals surface area contributed by atoms with E-state index in [-0.39, 0.29) is 17.7 Å². The number of benzene rings is 2. The van der Waals surface area contributed by atoms with Gasteiger partial charge < -0.3 is 10.1 Å². The molecule has 1 heterocycles. The molecule has 1 saturated heterocycles. The van der Waals surface area contributed by atoms with Gasteiger partial charge in [0, 0.05) is 25.9 Å². The van der Waals surface area contributed by atoms with E-state index in [0.29, 0.717) is 19.3 Å². The highest BCUT2D eigenvalue weighted by molar-refractivity contribution is 5.81. The second-order valence-electron chi connectivity index (χ2n) is 6.15. The second kappa shape index (κ2) is 8.18. The number of halogens is 1. The third-order valence-corrected chi connectivity index (χ3v) is 4.29. The fourth-order valence-corrected chi connectivity index (χ4v) is 2.88. The summed E-state index contributed by atoms with van der Waals surface area (Å²) in [5, 5.41) is 3.31. The van der Waals surface area contributed by atoms with E-state index in [1.807, 2.05) is 24.3 Å². The zero-order valence-electron chi connectivity index (χ0n) is 13.6. The van der Waals surface area contributed by atoms with Crippen LogP contribution in [0.4, 0.5) is 4.39 Å². The zero-order chi connectivity index (χ0) is 16.8. The quantitative estimate of drug-likeness (QED) is 0.885. The summed E-state index contributed by atoms with van der Waals surface area (Å²) < 4.78 is 18.6. The lowest BCUT2D eigenvalue weighted by molar-refractivity contribution is -0.118. The average molecular weight is 327 g/mol. The molecule has 1 fully saturated rings. The minimum absolute atomic E-state index is 0.0991. The Morgan fingerprint density at radius 3 is 2.46 bits per heavy atom. The fourth-order valence-electron chi connectivity index (χ4n) is 2.88. The van der Waals surface area contributed by atoms with Crippen LogP contribution in [0.15, 0.2) is 48.5 Å². The summed E-state index contributed by atoms with van der Waals surface area (Å²) in [5.74, 6) is -0.0510. The Morgan fingerprint density at radius 1 is 1.08 bits per heavy atom. The van der Waals surface area contributed by atoms with E-state index in [1.54, 1.807) is 12.1 Å². The van der Waals surface area contributed by atoms with E-state index in [9.17, 15) is 9.18 Å².